The molecule has 0 saturated carbocycles. The summed E-state index contributed by atoms with van der Waals surface area (Å²) >= 11 is 0. The summed E-state index contributed by atoms with van der Waals surface area (Å²) < 4.78 is 72.2. The number of halogens is 5. The van der Waals surface area contributed by atoms with E-state index in [4.69, 9.17) is 0 Å². The molecule has 0 amide bonds. The van der Waals surface area contributed by atoms with E-state index in [-0.39, 0.29) is 28.5 Å². The first kappa shape index (κ1) is 22.9. The molecule has 0 spiro atoms. The van der Waals surface area contributed by atoms with Gasteiger partial charge in [-0.05, 0) is 30.3 Å². The normalized spacial score (nSPS) is 14.4. The molecule has 1 aliphatic rings. The number of hydrazone groups is 1. The Morgan fingerprint density at radius 3 is 2.32 bits per heavy atom. The Bertz CT molecular complexity index is 1270. The molecule has 0 saturated heterocycles. The van der Waals surface area contributed by atoms with Crippen molar-refractivity contribution in [3.8, 4) is 17.2 Å². The van der Waals surface area contributed by atoms with Crippen LogP contribution in [0.5, 0.6) is 11.5 Å². The van der Waals surface area contributed by atoms with Crippen LogP contribution >= 0.6 is 0 Å². The smallest absolute Gasteiger partial charge is 0.435 e. The van der Waals surface area contributed by atoms with Crippen LogP contribution < -0.4 is 14.5 Å². The Balaban J connectivity index is 1.72. The lowest BCUT2D eigenvalue weighted by Crippen LogP contribution is -2.41. The highest BCUT2D eigenvalue weighted by atomic mass is 19.4. The van der Waals surface area contributed by atoms with Crippen molar-refractivity contribution in [2.75, 3.05) is 11.6 Å². The van der Waals surface area contributed by atoms with Crippen LogP contribution in [0.1, 0.15) is 5.69 Å². The van der Waals surface area contributed by atoms with Crippen LogP contribution in [0.4, 0.5) is 27.6 Å². The van der Waals surface area contributed by atoms with E-state index in [9.17, 15) is 31.5 Å². The lowest BCUT2D eigenvalue weighted by molar-refractivity contribution is -0.274. The van der Waals surface area contributed by atoms with Crippen LogP contribution in [-0.2, 0) is 9.59 Å². The Morgan fingerprint density at radius 2 is 1.62 bits per heavy atom. The van der Waals surface area contributed by atoms with Gasteiger partial charge < -0.3 is 9.47 Å². The van der Waals surface area contributed by atoms with E-state index in [0.29, 0.717) is 0 Å². The molecule has 0 unspecified atom stereocenters. The van der Waals surface area contributed by atoms with Crippen molar-refractivity contribution in [1.82, 2.24) is 9.78 Å². The zero-order valence-electron chi connectivity index (χ0n) is 16.9. The summed E-state index contributed by atoms with van der Waals surface area (Å²) in [4.78, 5) is 25.0. The number of carbonyl (C=O) groups is 2. The van der Waals surface area contributed by atoms with E-state index in [1.807, 2.05) is 0 Å². The van der Waals surface area contributed by atoms with Crippen LogP contribution in [0.3, 0.4) is 0 Å². The Kier molecular flexibility index (Phi) is 6.01. The van der Waals surface area contributed by atoms with E-state index in [1.165, 1.54) is 48.7 Å². The first-order chi connectivity index (χ1) is 16.1. The monoisotopic (exact) mass is 480 g/mol. The second-order valence-electron chi connectivity index (χ2n) is 6.81. The molecule has 13 heteroatoms. The largest absolute Gasteiger partial charge is 0.573 e. The van der Waals surface area contributed by atoms with E-state index in [0.717, 1.165) is 21.8 Å². The number of anilines is 1. The highest BCUT2D eigenvalue weighted by Crippen LogP contribution is 2.27. The topological polar surface area (TPSA) is 86.0 Å². The van der Waals surface area contributed by atoms with Gasteiger partial charge in [-0.3, -0.25) is 14.6 Å². The third-order valence-electron chi connectivity index (χ3n) is 4.50. The van der Waals surface area contributed by atoms with Gasteiger partial charge in [0.2, 0.25) is 5.78 Å². The zero-order valence-corrected chi connectivity index (χ0v) is 16.9. The van der Waals surface area contributed by atoms with E-state index >= 15 is 0 Å². The van der Waals surface area contributed by atoms with Crippen molar-refractivity contribution in [3.05, 3.63) is 66.5 Å². The minimum atomic E-state index is -4.91. The first-order valence-electron chi connectivity index (χ1n) is 9.50. The van der Waals surface area contributed by atoms with E-state index in [1.54, 1.807) is 0 Å². The van der Waals surface area contributed by atoms with Crippen molar-refractivity contribution < 1.29 is 41.0 Å². The number of ketones is 2. The van der Waals surface area contributed by atoms with E-state index in [2.05, 4.69) is 19.7 Å². The van der Waals surface area contributed by atoms with Crippen LogP contribution in [0, 0.1) is 0 Å². The highest BCUT2D eigenvalue weighted by Gasteiger charge is 2.33. The maximum absolute atomic E-state index is 12.6. The number of benzene rings is 2. The summed E-state index contributed by atoms with van der Waals surface area (Å²) in [5.74, 6) is -2.48. The molecule has 1 aromatic heterocycles. The average molecular weight is 480 g/mol. The fourth-order valence-electron chi connectivity index (χ4n) is 3.18. The summed E-state index contributed by atoms with van der Waals surface area (Å²) in [5, 5.41) is 9.32. The second kappa shape index (κ2) is 8.92. The molecule has 0 aliphatic carbocycles. The van der Waals surface area contributed by atoms with Gasteiger partial charge in [-0.15, -0.1) is 13.2 Å². The molecule has 0 N–H and O–H groups in total. The molecule has 0 bridgehead atoms. The number of aromatic nitrogens is 2. The fourth-order valence-corrected chi connectivity index (χ4v) is 3.18. The SMILES string of the molecule is O=C1CN(c2cccc(OC(F)F)c2)N=C(c2ccnn2-c2cccc(OC(F)(F)F)c2)C1=O. The molecule has 0 fully saturated rings. The molecular formula is C21H13F5N4O4. The molecule has 0 atom stereocenters. The van der Waals surface area contributed by atoms with Crippen LogP contribution in [0.15, 0.2) is 65.9 Å². The van der Waals surface area contributed by atoms with Gasteiger partial charge in [-0.2, -0.15) is 19.0 Å². The highest BCUT2D eigenvalue weighted by molar-refractivity contribution is 6.69. The lowest BCUT2D eigenvalue weighted by Gasteiger charge is -2.24. The van der Waals surface area contributed by atoms with Gasteiger partial charge in [0.15, 0.2) is 5.71 Å². The average Bonchev–Trinajstić information content (AvgIpc) is 3.24. The van der Waals surface area contributed by atoms with Crippen molar-refractivity contribution in [2.45, 2.75) is 13.0 Å². The summed E-state index contributed by atoms with van der Waals surface area (Å²) in [5.41, 5.74) is -0.0134. The Hall–Kier alpha value is -4.29. The number of carbonyl (C=O) groups excluding carboxylic acids is 2. The molecule has 34 heavy (non-hydrogen) atoms. The number of ether oxygens (including phenoxy) is 2. The zero-order chi connectivity index (χ0) is 24.5. The van der Waals surface area contributed by atoms with Crippen molar-refractivity contribution in [2.24, 2.45) is 5.10 Å². The Morgan fingerprint density at radius 1 is 0.941 bits per heavy atom. The molecule has 3 aromatic rings. The third kappa shape index (κ3) is 5.03. The van der Waals surface area contributed by atoms with Gasteiger partial charge in [0.05, 0.1) is 23.3 Å². The summed E-state index contributed by atoms with van der Waals surface area (Å²) in [7, 11) is 0. The predicted octanol–water partition coefficient (Wildman–Crippen LogP) is 3.73. The van der Waals surface area contributed by atoms with Gasteiger partial charge in [-0.1, -0.05) is 12.1 Å². The number of hydrogen-bond acceptors (Lipinski definition) is 7. The van der Waals surface area contributed by atoms with Crippen molar-refractivity contribution in [1.29, 1.82) is 0 Å². The van der Waals surface area contributed by atoms with Crippen LogP contribution in [-0.4, -0.2) is 46.6 Å². The van der Waals surface area contributed by atoms with Gasteiger partial charge in [0.1, 0.15) is 18.0 Å². The second-order valence-corrected chi connectivity index (χ2v) is 6.81. The summed E-state index contributed by atoms with van der Waals surface area (Å²) in [6, 6.07) is 11.6. The van der Waals surface area contributed by atoms with Gasteiger partial charge in [0.25, 0.3) is 5.78 Å². The predicted molar refractivity (Wildman–Crippen MR) is 107 cm³/mol. The van der Waals surface area contributed by atoms with Crippen molar-refractivity contribution in [3.63, 3.8) is 0 Å². The van der Waals surface area contributed by atoms with Crippen LogP contribution in [0.2, 0.25) is 0 Å². The number of nitrogens with zero attached hydrogens (tertiary/aromatic N) is 4. The molecule has 2 aromatic carbocycles. The van der Waals surface area contributed by atoms with Crippen molar-refractivity contribution >= 4 is 23.0 Å². The molecule has 2 heterocycles. The number of Topliss-reactive ketones (excluding diaryl/α,β-unsaturated/α-hetero) is 2. The molecule has 1 aliphatic heterocycles. The van der Waals surface area contributed by atoms with Crippen LogP contribution in [0.25, 0.3) is 5.69 Å². The van der Waals surface area contributed by atoms with Gasteiger partial charge >= 0.3 is 13.0 Å². The van der Waals surface area contributed by atoms with Gasteiger partial charge in [0, 0.05) is 12.1 Å². The third-order valence-corrected chi connectivity index (χ3v) is 4.50. The molecule has 4 rings (SSSR count). The first-order valence-corrected chi connectivity index (χ1v) is 9.50. The molecule has 0 radical (unpaired) electrons. The minimum absolute atomic E-state index is 0.0205. The van der Waals surface area contributed by atoms with Gasteiger partial charge in [-0.25, -0.2) is 4.68 Å². The van der Waals surface area contributed by atoms with E-state index < -0.39 is 36.8 Å². The minimum Gasteiger partial charge on any atom is -0.435 e. The quantitative estimate of drug-likeness (QED) is 0.395. The number of alkyl halides is 5. The molecule has 8 nitrogen and oxygen atoms in total. The molecular weight excluding hydrogens is 467 g/mol. The standard InChI is InChI=1S/C21H13F5N4O4/c22-20(23)33-14-5-1-3-12(9-14)29-11-17(31)19(32)18(28-29)16-7-8-27-30(16)13-4-2-6-15(10-13)34-21(24,25)26/h1-10,20H,11H2. The maximum Gasteiger partial charge on any atom is 0.573 e. The number of hydrogen-bond donors (Lipinski definition) is 0. The lowest BCUT2D eigenvalue weighted by atomic mass is 10.1. The maximum atomic E-state index is 12.6. The molecule has 176 valence electrons. The summed E-state index contributed by atoms with van der Waals surface area (Å²) in [6.45, 7) is -3.52. The Labute approximate surface area is 187 Å². The number of rotatable bonds is 6. The fraction of sp³-hybridized carbons (Fsp3) is 0.143. The summed E-state index contributed by atoms with van der Waals surface area (Å²) in [6.07, 6.45) is -3.65.